The highest BCUT2D eigenvalue weighted by atomic mass is 16.5. The van der Waals surface area contributed by atoms with Gasteiger partial charge in [0.2, 0.25) is 5.91 Å². The number of nitrogens with one attached hydrogen (secondary N) is 1. The van der Waals surface area contributed by atoms with Gasteiger partial charge in [-0.3, -0.25) is 9.69 Å². The van der Waals surface area contributed by atoms with Crippen LogP contribution in [0.3, 0.4) is 0 Å². The van der Waals surface area contributed by atoms with Crippen molar-refractivity contribution < 1.29 is 14.6 Å². The molecule has 0 aliphatic carbocycles. The van der Waals surface area contributed by atoms with Gasteiger partial charge >= 0.3 is 0 Å². The monoisotopic (exact) mass is 306 g/mol. The predicted octanol–water partition coefficient (Wildman–Crippen LogP) is 1.27. The summed E-state index contributed by atoms with van der Waals surface area (Å²) in [6.07, 6.45) is 2.20. The van der Waals surface area contributed by atoms with Crippen LogP contribution in [0.2, 0.25) is 0 Å². The van der Waals surface area contributed by atoms with E-state index in [1.165, 1.54) is 0 Å². The van der Waals surface area contributed by atoms with E-state index in [0.717, 1.165) is 25.1 Å². The largest absolute Gasteiger partial charge is 0.492 e. The Kier molecular flexibility index (Phi) is 6.68. The Labute approximate surface area is 132 Å². The highest BCUT2D eigenvalue weighted by molar-refractivity contribution is 5.78. The van der Waals surface area contributed by atoms with Crippen molar-refractivity contribution in [3.05, 3.63) is 30.3 Å². The molecule has 1 fully saturated rings. The molecule has 0 radical (unpaired) electrons. The topological polar surface area (TPSA) is 61.8 Å². The van der Waals surface area contributed by atoms with Gasteiger partial charge < -0.3 is 15.2 Å². The van der Waals surface area contributed by atoms with Crippen molar-refractivity contribution >= 4 is 5.91 Å². The Hall–Kier alpha value is -1.59. The van der Waals surface area contributed by atoms with Gasteiger partial charge in [-0.25, -0.2) is 0 Å². The summed E-state index contributed by atoms with van der Waals surface area (Å²) in [5.74, 6) is 1.24. The lowest BCUT2D eigenvalue weighted by Gasteiger charge is -2.38. The first kappa shape index (κ1) is 16.8. The van der Waals surface area contributed by atoms with E-state index in [1.807, 2.05) is 30.3 Å². The molecule has 0 saturated carbocycles. The standard InChI is InChI=1S/C17H26N2O3/c1-14-6-5-10-19(16(14)13-20)12-17(21)18-9-11-22-15-7-3-2-4-8-15/h2-4,7-8,14,16,20H,5-6,9-13H2,1H3,(H,18,21). The summed E-state index contributed by atoms with van der Waals surface area (Å²) in [5.41, 5.74) is 0. The van der Waals surface area contributed by atoms with Crippen LogP contribution in [0.25, 0.3) is 0 Å². The van der Waals surface area contributed by atoms with Gasteiger partial charge in [0.1, 0.15) is 12.4 Å². The average Bonchev–Trinajstić information content (AvgIpc) is 2.53. The SMILES string of the molecule is CC1CCCN(CC(=O)NCCOc2ccccc2)C1CO. The Balaban J connectivity index is 1.67. The van der Waals surface area contributed by atoms with Crippen LogP contribution in [0.4, 0.5) is 0 Å². The third-order valence-electron chi connectivity index (χ3n) is 4.20. The zero-order chi connectivity index (χ0) is 15.8. The number of ether oxygens (including phenoxy) is 1. The van der Waals surface area contributed by atoms with Gasteiger partial charge in [0, 0.05) is 6.04 Å². The van der Waals surface area contributed by atoms with Gasteiger partial charge in [0.15, 0.2) is 0 Å². The molecule has 1 aromatic carbocycles. The van der Waals surface area contributed by atoms with Gasteiger partial charge in [0.25, 0.3) is 0 Å². The number of benzene rings is 1. The highest BCUT2D eigenvalue weighted by Gasteiger charge is 2.28. The zero-order valence-corrected chi connectivity index (χ0v) is 13.2. The average molecular weight is 306 g/mol. The fraction of sp³-hybridized carbons (Fsp3) is 0.588. The van der Waals surface area contributed by atoms with Crippen LogP contribution in [0.15, 0.2) is 30.3 Å². The van der Waals surface area contributed by atoms with E-state index in [2.05, 4.69) is 17.1 Å². The van der Waals surface area contributed by atoms with Gasteiger partial charge in [0.05, 0.1) is 19.7 Å². The summed E-state index contributed by atoms with van der Waals surface area (Å²) in [6.45, 7) is 4.42. The first-order chi connectivity index (χ1) is 10.7. The number of aliphatic hydroxyl groups is 1. The maximum Gasteiger partial charge on any atom is 0.234 e. The number of hydrogen-bond donors (Lipinski definition) is 2. The van der Waals surface area contributed by atoms with E-state index < -0.39 is 0 Å². The lowest BCUT2D eigenvalue weighted by molar-refractivity contribution is -0.124. The zero-order valence-electron chi connectivity index (χ0n) is 13.2. The van der Waals surface area contributed by atoms with Gasteiger partial charge in [-0.05, 0) is 37.4 Å². The summed E-state index contributed by atoms with van der Waals surface area (Å²) < 4.78 is 5.54. The molecule has 1 aliphatic rings. The molecule has 122 valence electrons. The van der Waals surface area contributed by atoms with Gasteiger partial charge in [-0.2, -0.15) is 0 Å². The third-order valence-corrected chi connectivity index (χ3v) is 4.20. The third kappa shape index (κ3) is 5.00. The van der Waals surface area contributed by atoms with Crippen molar-refractivity contribution in [2.75, 3.05) is 32.8 Å². The maximum atomic E-state index is 12.0. The van der Waals surface area contributed by atoms with Crippen LogP contribution in [-0.2, 0) is 4.79 Å². The quantitative estimate of drug-likeness (QED) is 0.745. The first-order valence-corrected chi connectivity index (χ1v) is 8.00. The number of piperidine rings is 1. The number of nitrogens with zero attached hydrogens (tertiary/aromatic N) is 1. The molecule has 2 N–H and O–H groups in total. The molecule has 1 saturated heterocycles. The molecule has 0 aromatic heterocycles. The molecule has 1 aliphatic heterocycles. The van der Waals surface area contributed by atoms with Crippen molar-refractivity contribution in [1.29, 1.82) is 0 Å². The fourth-order valence-corrected chi connectivity index (χ4v) is 2.94. The van der Waals surface area contributed by atoms with E-state index in [1.54, 1.807) is 0 Å². The minimum absolute atomic E-state index is 0.00999. The molecule has 5 nitrogen and oxygen atoms in total. The van der Waals surface area contributed by atoms with E-state index in [0.29, 0.717) is 25.6 Å². The maximum absolute atomic E-state index is 12.0. The van der Waals surface area contributed by atoms with Crippen molar-refractivity contribution in [1.82, 2.24) is 10.2 Å². The molecular formula is C17H26N2O3. The second-order valence-corrected chi connectivity index (χ2v) is 5.85. The first-order valence-electron chi connectivity index (χ1n) is 8.00. The Bertz CT molecular complexity index is 452. The molecule has 5 heteroatoms. The highest BCUT2D eigenvalue weighted by Crippen LogP contribution is 2.22. The normalized spacial score (nSPS) is 22.3. The molecule has 0 spiro atoms. The minimum atomic E-state index is -0.00999. The van der Waals surface area contributed by atoms with Crippen LogP contribution < -0.4 is 10.1 Å². The van der Waals surface area contributed by atoms with E-state index >= 15 is 0 Å². The fourth-order valence-electron chi connectivity index (χ4n) is 2.94. The van der Waals surface area contributed by atoms with Gasteiger partial charge in [-0.15, -0.1) is 0 Å². The van der Waals surface area contributed by atoms with Crippen LogP contribution in [0, 0.1) is 5.92 Å². The Morgan fingerprint density at radius 2 is 2.18 bits per heavy atom. The molecule has 1 aromatic rings. The van der Waals surface area contributed by atoms with Crippen LogP contribution in [0.5, 0.6) is 5.75 Å². The van der Waals surface area contributed by atoms with E-state index in [9.17, 15) is 9.90 Å². The Morgan fingerprint density at radius 1 is 1.41 bits per heavy atom. The molecule has 22 heavy (non-hydrogen) atoms. The molecular weight excluding hydrogens is 280 g/mol. The second-order valence-electron chi connectivity index (χ2n) is 5.85. The lowest BCUT2D eigenvalue weighted by Crippen LogP contribution is -2.50. The van der Waals surface area contributed by atoms with Crippen LogP contribution in [0.1, 0.15) is 19.8 Å². The van der Waals surface area contributed by atoms with Crippen molar-refractivity contribution in [2.24, 2.45) is 5.92 Å². The number of carbonyl (C=O) groups is 1. The number of rotatable bonds is 7. The number of amides is 1. The second kappa shape index (κ2) is 8.76. The summed E-state index contributed by atoms with van der Waals surface area (Å²) in [5, 5.41) is 12.4. The van der Waals surface area contributed by atoms with Crippen molar-refractivity contribution in [3.63, 3.8) is 0 Å². The number of para-hydroxylation sites is 1. The minimum Gasteiger partial charge on any atom is -0.492 e. The summed E-state index contributed by atoms with van der Waals surface area (Å²) >= 11 is 0. The van der Waals surface area contributed by atoms with Crippen molar-refractivity contribution in [2.45, 2.75) is 25.8 Å². The van der Waals surface area contributed by atoms with Crippen LogP contribution in [-0.4, -0.2) is 54.8 Å². The smallest absolute Gasteiger partial charge is 0.234 e. The van der Waals surface area contributed by atoms with Gasteiger partial charge in [-0.1, -0.05) is 25.1 Å². The molecule has 1 heterocycles. The Morgan fingerprint density at radius 3 is 2.91 bits per heavy atom. The predicted molar refractivity (Wildman–Crippen MR) is 85.8 cm³/mol. The van der Waals surface area contributed by atoms with E-state index in [-0.39, 0.29) is 18.6 Å². The molecule has 2 unspecified atom stereocenters. The van der Waals surface area contributed by atoms with E-state index in [4.69, 9.17) is 4.74 Å². The number of likely N-dealkylation sites (tertiary alicyclic amines) is 1. The molecule has 1 amide bonds. The lowest BCUT2D eigenvalue weighted by atomic mass is 9.91. The number of aliphatic hydroxyl groups excluding tert-OH is 1. The summed E-state index contributed by atoms with van der Waals surface area (Å²) in [4.78, 5) is 14.1. The molecule has 2 rings (SSSR count). The molecule has 2 atom stereocenters. The summed E-state index contributed by atoms with van der Waals surface area (Å²) in [6, 6.07) is 9.65. The molecule has 0 bridgehead atoms. The number of carbonyl (C=O) groups excluding carboxylic acids is 1. The summed E-state index contributed by atoms with van der Waals surface area (Å²) in [7, 11) is 0. The number of hydrogen-bond acceptors (Lipinski definition) is 4. The van der Waals surface area contributed by atoms with Crippen molar-refractivity contribution in [3.8, 4) is 5.75 Å². The van der Waals surface area contributed by atoms with Crippen LogP contribution >= 0.6 is 0 Å².